The Labute approximate surface area is 135 Å². The fourth-order valence-electron chi connectivity index (χ4n) is 1.48. The van der Waals surface area contributed by atoms with Crippen LogP contribution in [0, 0.1) is 5.92 Å². The molecule has 1 atom stereocenters. The van der Waals surface area contributed by atoms with Crippen molar-refractivity contribution in [3.8, 4) is 0 Å². The van der Waals surface area contributed by atoms with Crippen molar-refractivity contribution in [3.05, 3.63) is 24.3 Å². The van der Waals surface area contributed by atoms with E-state index in [0.29, 0.717) is 12.5 Å². The van der Waals surface area contributed by atoms with E-state index in [9.17, 15) is 0 Å². The summed E-state index contributed by atoms with van der Waals surface area (Å²) in [6.45, 7) is -2.65. The van der Waals surface area contributed by atoms with Crippen LogP contribution in [-0.2, 0) is 4.52 Å². The molecule has 0 saturated heterocycles. The summed E-state index contributed by atoms with van der Waals surface area (Å²) in [7, 11) is 0. The Balaban J connectivity index is 2.08. The van der Waals surface area contributed by atoms with E-state index >= 15 is 0 Å². The van der Waals surface area contributed by atoms with Crippen molar-refractivity contribution >= 4 is 74.8 Å². The van der Waals surface area contributed by atoms with Gasteiger partial charge in [-0.25, -0.2) is 0 Å². The van der Waals surface area contributed by atoms with Gasteiger partial charge in [0.05, 0.1) is 6.61 Å². The van der Waals surface area contributed by atoms with Crippen LogP contribution in [0.3, 0.4) is 0 Å². The Hall–Kier alpha value is 1.58. The first kappa shape index (κ1) is 16.9. The topological polar surface area (TPSA) is 46.3 Å². The molecular formula is C7H9Cl5N3OP3. The van der Waals surface area contributed by atoms with Crippen molar-refractivity contribution < 1.29 is 4.52 Å². The number of rotatable bonds is 4. The molecule has 0 aromatic heterocycles. The number of hydrogen-bond donors (Lipinski definition) is 0. The number of hydrogen-bond acceptors (Lipinski definition) is 4. The van der Waals surface area contributed by atoms with Crippen LogP contribution in [0.4, 0.5) is 0 Å². The summed E-state index contributed by atoms with van der Waals surface area (Å²) in [6.07, 6.45) is 8.84. The molecule has 2 rings (SSSR count). The van der Waals surface area contributed by atoms with Gasteiger partial charge >= 0.3 is 0 Å². The van der Waals surface area contributed by atoms with Crippen LogP contribution in [0.5, 0.6) is 0 Å². The third-order valence-electron chi connectivity index (χ3n) is 2.19. The highest BCUT2D eigenvalue weighted by Crippen LogP contribution is 2.86. The lowest BCUT2D eigenvalue weighted by molar-refractivity contribution is 0.335. The highest BCUT2D eigenvalue weighted by Gasteiger charge is 2.33. The lowest BCUT2D eigenvalue weighted by Crippen LogP contribution is -1.96. The summed E-state index contributed by atoms with van der Waals surface area (Å²) in [5.41, 5.74) is 0. The zero-order valence-electron chi connectivity index (χ0n) is 9.28. The van der Waals surface area contributed by atoms with Gasteiger partial charge in [-0.05, 0) is 68.5 Å². The molecule has 0 radical (unpaired) electrons. The van der Waals surface area contributed by atoms with Gasteiger partial charge < -0.3 is 4.52 Å². The van der Waals surface area contributed by atoms with Crippen molar-refractivity contribution in [3.63, 3.8) is 0 Å². The highest BCUT2D eigenvalue weighted by atomic mass is 35.9. The Morgan fingerprint density at radius 1 is 0.895 bits per heavy atom. The monoisotopic (exact) mass is 419 g/mol. The van der Waals surface area contributed by atoms with Crippen molar-refractivity contribution in [1.82, 2.24) is 0 Å². The SMILES string of the molecule is ClP1(Cl)=NP(Cl)(Cl)=NP(Cl)(OCCC2C=CC=C2)=N1. The minimum atomic E-state index is -3.01. The van der Waals surface area contributed by atoms with Crippen LogP contribution in [0.15, 0.2) is 37.9 Å². The second-order valence-corrected chi connectivity index (χ2v) is 16.9. The first-order valence-electron chi connectivity index (χ1n) is 5.09. The molecule has 1 unspecified atom stereocenters. The third kappa shape index (κ3) is 5.37. The molecule has 2 aliphatic rings. The second kappa shape index (κ2) is 6.37. The predicted molar refractivity (Wildman–Crippen MR) is 89.6 cm³/mol. The molecule has 0 aromatic rings. The van der Waals surface area contributed by atoms with Gasteiger partial charge in [-0.3, -0.25) is 0 Å². The number of nitrogens with zero attached hydrogens (tertiary/aromatic N) is 3. The van der Waals surface area contributed by atoms with E-state index in [-0.39, 0.29) is 0 Å². The molecule has 19 heavy (non-hydrogen) atoms. The fourth-order valence-corrected chi connectivity index (χ4v) is 18.1. The molecule has 1 aliphatic heterocycles. The van der Waals surface area contributed by atoms with Crippen LogP contribution in [-0.4, -0.2) is 6.61 Å². The fraction of sp³-hybridized carbons (Fsp3) is 0.429. The summed E-state index contributed by atoms with van der Waals surface area (Å²) < 4.78 is 17.3. The molecule has 1 heterocycles. The van der Waals surface area contributed by atoms with Gasteiger partial charge in [-0.2, -0.15) is 13.5 Å². The average molecular weight is 421 g/mol. The first-order valence-corrected chi connectivity index (χ1v) is 14.6. The molecule has 108 valence electrons. The Morgan fingerprint density at radius 3 is 2.05 bits per heavy atom. The minimum absolute atomic E-state index is 0.329. The Kier molecular flexibility index (Phi) is 5.68. The predicted octanol–water partition coefficient (Wildman–Crippen LogP) is 8.18. The van der Waals surface area contributed by atoms with E-state index in [1.807, 2.05) is 12.2 Å². The van der Waals surface area contributed by atoms with Gasteiger partial charge in [-0.1, -0.05) is 24.3 Å². The average Bonchev–Trinajstić information content (AvgIpc) is 2.63. The molecule has 0 N–H and O–H groups in total. The molecule has 0 spiro atoms. The number of allylic oxidation sites excluding steroid dienone is 4. The molecule has 1 aliphatic carbocycles. The maximum atomic E-state index is 6.21. The van der Waals surface area contributed by atoms with E-state index in [2.05, 4.69) is 25.7 Å². The normalized spacial score (nSPS) is 31.6. The maximum absolute atomic E-state index is 6.21. The van der Waals surface area contributed by atoms with Gasteiger partial charge in [0.1, 0.15) is 0 Å². The molecule has 12 heteroatoms. The van der Waals surface area contributed by atoms with E-state index in [0.717, 1.165) is 6.42 Å². The highest BCUT2D eigenvalue weighted by molar-refractivity contribution is 8.22. The standard InChI is InChI=1S/C7H9Cl5N3OP3/c8-17(9)13-18(10,11)15-19(12,14-17)16-6-5-7-3-1-2-4-7/h1-4,7H,5-6H2. The van der Waals surface area contributed by atoms with Crippen LogP contribution < -0.4 is 0 Å². The second-order valence-electron chi connectivity index (χ2n) is 3.71. The third-order valence-corrected chi connectivity index (χ3v) is 14.3. The summed E-state index contributed by atoms with van der Waals surface area (Å²) in [5, 5.41) is 0. The molecule has 0 amide bonds. The van der Waals surface area contributed by atoms with E-state index in [1.165, 1.54) is 0 Å². The van der Waals surface area contributed by atoms with Gasteiger partial charge in [0.25, 0.3) is 18.6 Å². The first-order chi connectivity index (χ1) is 8.70. The molecule has 0 aromatic carbocycles. The summed E-state index contributed by atoms with van der Waals surface area (Å²) in [6, 6.07) is 0. The lowest BCUT2D eigenvalue weighted by Gasteiger charge is -2.21. The lowest BCUT2D eigenvalue weighted by atomic mass is 10.1. The summed E-state index contributed by atoms with van der Waals surface area (Å²) in [4.78, 5) is 0. The zero-order valence-corrected chi connectivity index (χ0v) is 15.7. The van der Waals surface area contributed by atoms with Gasteiger partial charge in [0, 0.05) is 0 Å². The largest absolute Gasteiger partial charge is 0.316 e. The van der Waals surface area contributed by atoms with Crippen molar-refractivity contribution in [2.45, 2.75) is 6.42 Å². The van der Waals surface area contributed by atoms with Crippen molar-refractivity contribution in [2.75, 3.05) is 6.61 Å². The van der Waals surface area contributed by atoms with Crippen LogP contribution in [0.2, 0.25) is 0 Å². The minimum Gasteiger partial charge on any atom is -0.316 e. The summed E-state index contributed by atoms with van der Waals surface area (Å²) in [5.74, 6) is -5.66. The maximum Gasteiger partial charge on any atom is 0.299 e. The zero-order chi connectivity index (χ0) is 14.1. The van der Waals surface area contributed by atoms with E-state index in [1.54, 1.807) is 0 Å². The molecule has 0 saturated carbocycles. The van der Waals surface area contributed by atoms with Gasteiger partial charge in [-0.15, -0.1) is 0 Å². The quantitative estimate of drug-likeness (QED) is 0.422. The molecule has 0 bridgehead atoms. The van der Waals surface area contributed by atoms with Gasteiger partial charge in [0.2, 0.25) is 0 Å². The Morgan fingerprint density at radius 2 is 1.47 bits per heavy atom. The smallest absolute Gasteiger partial charge is 0.299 e. The van der Waals surface area contributed by atoms with Crippen LogP contribution in [0.25, 0.3) is 0 Å². The van der Waals surface area contributed by atoms with Crippen LogP contribution in [0.1, 0.15) is 6.42 Å². The molecule has 4 nitrogen and oxygen atoms in total. The van der Waals surface area contributed by atoms with Crippen molar-refractivity contribution in [1.29, 1.82) is 0 Å². The number of halogens is 5. The molecular weight excluding hydrogens is 412 g/mol. The van der Waals surface area contributed by atoms with Gasteiger partial charge in [0.15, 0.2) is 0 Å². The van der Waals surface area contributed by atoms with Crippen molar-refractivity contribution in [2.24, 2.45) is 19.5 Å². The van der Waals surface area contributed by atoms with E-state index < -0.39 is 18.6 Å². The Bertz CT molecular complexity index is 569. The van der Waals surface area contributed by atoms with E-state index in [4.69, 9.17) is 60.7 Å². The molecule has 0 fully saturated rings. The van der Waals surface area contributed by atoms with Crippen LogP contribution >= 0.6 is 74.8 Å². The summed E-state index contributed by atoms with van der Waals surface area (Å²) >= 11 is 29.9.